The van der Waals surface area contributed by atoms with Crippen molar-refractivity contribution in [3.05, 3.63) is 47.7 Å². The molecule has 0 aliphatic carbocycles. The Kier molecular flexibility index (Phi) is 3.66. The number of amides is 1. The summed E-state index contributed by atoms with van der Waals surface area (Å²) in [4.78, 5) is 16.7. The normalized spacial score (nSPS) is 12.7. The number of nitrogens with one attached hydrogen (secondary N) is 2. The zero-order chi connectivity index (χ0) is 15.7. The Bertz CT molecular complexity index is 770. The van der Waals surface area contributed by atoms with Crippen LogP contribution in [0.2, 0.25) is 0 Å². The molecule has 6 heteroatoms. The van der Waals surface area contributed by atoms with Gasteiger partial charge >= 0.3 is 0 Å². The lowest BCUT2D eigenvalue weighted by atomic mass is 10.0. The number of H-pyrrole nitrogens is 1. The van der Waals surface area contributed by atoms with Crippen molar-refractivity contribution in [1.82, 2.24) is 20.5 Å². The number of carbonyl (C=O) groups is 1. The molecular formula is C16H18N4O2. The molecule has 0 radical (unpaired) electrons. The first-order chi connectivity index (χ1) is 10.5. The maximum Gasteiger partial charge on any atom is 0.287 e. The van der Waals surface area contributed by atoms with Crippen LogP contribution in [0, 0.1) is 12.8 Å². The van der Waals surface area contributed by atoms with Crippen molar-refractivity contribution in [2.45, 2.75) is 26.8 Å². The van der Waals surface area contributed by atoms with E-state index in [0.29, 0.717) is 17.2 Å². The van der Waals surface area contributed by atoms with Gasteiger partial charge in [0, 0.05) is 5.39 Å². The largest absolute Gasteiger partial charge is 0.451 e. The summed E-state index contributed by atoms with van der Waals surface area (Å²) >= 11 is 0. The van der Waals surface area contributed by atoms with E-state index in [4.69, 9.17) is 4.42 Å². The van der Waals surface area contributed by atoms with E-state index in [1.54, 1.807) is 6.07 Å². The van der Waals surface area contributed by atoms with Crippen LogP contribution < -0.4 is 5.32 Å². The van der Waals surface area contributed by atoms with Crippen LogP contribution in [-0.4, -0.2) is 21.1 Å². The van der Waals surface area contributed by atoms with E-state index in [0.717, 1.165) is 11.2 Å². The molecule has 2 heterocycles. The third-order valence-corrected chi connectivity index (χ3v) is 3.50. The highest BCUT2D eigenvalue weighted by Gasteiger charge is 2.24. The number of fused-ring (bicyclic) bond motifs is 1. The Balaban J connectivity index is 1.84. The maximum atomic E-state index is 12.4. The average Bonchev–Trinajstić information content (AvgIpc) is 3.10. The third-order valence-electron chi connectivity index (χ3n) is 3.50. The molecule has 0 fully saturated rings. The van der Waals surface area contributed by atoms with Crippen LogP contribution in [0.15, 0.2) is 34.7 Å². The van der Waals surface area contributed by atoms with E-state index >= 15 is 0 Å². The fourth-order valence-electron chi connectivity index (χ4n) is 2.33. The van der Waals surface area contributed by atoms with Crippen molar-refractivity contribution in [2.24, 2.45) is 5.92 Å². The lowest BCUT2D eigenvalue weighted by molar-refractivity contribution is 0.0897. The molecule has 0 unspecified atom stereocenters. The van der Waals surface area contributed by atoms with Gasteiger partial charge in [0.25, 0.3) is 5.91 Å². The summed E-state index contributed by atoms with van der Waals surface area (Å²) in [6.45, 7) is 5.85. The molecule has 0 saturated carbocycles. The number of benzene rings is 1. The van der Waals surface area contributed by atoms with Gasteiger partial charge in [-0.15, -0.1) is 0 Å². The third kappa shape index (κ3) is 2.72. The molecule has 3 rings (SSSR count). The Labute approximate surface area is 127 Å². The number of furan rings is 1. The second-order valence-electron chi connectivity index (χ2n) is 5.62. The fraction of sp³-hybridized carbons (Fsp3) is 0.312. The summed E-state index contributed by atoms with van der Waals surface area (Å²) < 4.78 is 5.59. The van der Waals surface area contributed by atoms with Gasteiger partial charge in [-0.3, -0.25) is 9.89 Å². The van der Waals surface area contributed by atoms with Gasteiger partial charge in [-0.25, -0.2) is 4.98 Å². The Morgan fingerprint density at radius 3 is 2.73 bits per heavy atom. The molecule has 6 nitrogen and oxygen atoms in total. The second kappa shape index (κ2) is 5.63. The van der Waals surface area contributed by atoms with Crippen LogP contribution in [-0.2, 0) is 0 Å². The number of aromatic nitrogens is 3. The molecule has 0 aliphatic rings. The van der Waals surface area contributed by atoms with Gasteiger partial charge in [-0.2, -0.15) is 5.10 Å². The molecule has 0 bridgehead atoms. The molecular weight excluding hydrogens is 280 g/mol. The Morgan fingerprint density at radius 1 is 1.32 bits per heavy atom. The number of aryl methyl sites for hydroxylation is 1. The molecule has 0 saturated heterocycles. The predicted octanol–water partition coefficient (Wildman–Crippen LogP) is 2.99. The van der Waals surface area contributed by atoms with Crippen LogP contribution in [0.25, 0.3) is 11.0 Å². The number of hydrogen-bond donors (Lipinski definition) is 2. The SMILES string of the molecule is Cc1nc([C@@H](NC(=O)c2cc3ccccc3o2)C(C)C)n[nH]1. The zero-order valence-corrected chi connectivity index (χ0v) is 12.8. The summed E-state index contributed by atoms with van der Waals surface area (Å²) in [5, 5.41) is 10.8. The zero-order valence-electron chi connectivity index (χ0n) is 12.8. The van der Waals surface area contributed by atoms with E-state index in [2.05, 4.69) is 20.5 Å². The molecule has 0 spiro atoms. The standard InChI is InChI=1S/C16H18N4O2/c1-9(2)14(15-17-10(3)19-20-15)18-16(21)13-8-11-6-4-5-7-12(11)22-13/h4-9,14H,1-3H3,(H,18,21)(H,17,19,20)/t14-/m0/s1. The van der Waals surface area contributed by atoms with Gasteiger partial charge in [-0.05, 0) is 25.0 Å². The molecule has 2 N–H and O–H groups in total. The topological polar surface area (TPSA) is 83.8 Å². The number of rotatable bonds is 4. The van der Waals surface area contributed by atoms with E-state index in [1.807, 2.05) is 45.0 Å². The molecule has 22 heavy (non-hydrogen) atoms. The summed E-state index contributed by atoms with van der Waals surface area (Å²) in [7, 11) is 0. The van der Waals surface area contributed by atoms with Crippen molar-refractivity contribution in [3.63, 3.8) is 0 Å². The summed E-state index contributed by atoms with van der Waals surface area (Å²) in [6.07, 6.45) is 0. The van der Waals surface area contributed by atoms with Crippen molar-refractivity contribution < 1.29 is 9.21 Å². The van der Waals surface area contributed by atoms with Crippen LogP contribution in [0.1, 0.15) is 42.1 Å². The van der Waals surface area contributed by atoms with E-state index in [-0.39, 0.29) is 17.9 Å². The summed E-state index contributed by atoms with van der Waals surface area (Å²) in [5.74, 6) is 1.48. The minimum absolute atomic E-state index is 0.156. The van der Waals surface area contributed by atoms with E-state index in [9.17, 15) is 4.79 Å². The first-order valence-corrected chi connectivity index (χ1v) is 7.23. The minimum atomic E-state index is -0.273. The number of para-hydroxylation sites is 1. The highest BCUT2D eigenvalue weighted by Crippen LogP contribution is 2.22. The number of hydrogen-bond acceptors (Lipinski definition) is 4. The van der Waals surface area contributed by atoms with Gasteiger partial charge < -0.3 is 9.73 Å². The first kappa shape index (κ1) is 14.3. The number of aromatic amines is 1. The van der Waals surface area contributed by atoms with Crippen LogP contribution in [0.4, 0.5) is 0 Å². The minimum Gasteiger partial charge on any atom is -0.451 e. The fourth-order valence-corrected chi connectivity index (χ4v) is 2.33. The van der Waals surface area contributed by atoms with Gasteiger partial charge in [0.15, 0.2) is 11.6 Å². The van der Waals surface area contributed by atoms with Crippen molar-refractivity contribution >= 4 is 16.9 Å². The smallest absolute Gasteiger partial charge is 0.287 e. The summed E-state index contributed by atoms with van der Waals surface area (Å²) in [6, 6.07) is 9.00. The highest BCUT2D eigenvalue weighted by atomic mass is 16.3. The van der Waals surface area contributed by atoms with Gasteiger partial charge in [-0.1, -0.05) is 32.0 Å². The van der Waals surface area contributed by atoms with Gasteiger partial charge in [0.1, 0.15) is 11.4 Å². The second-order valence-corrected chi connectivity index (χ2v) is 5.62. The van der Waals surface area contributed by atoms with Crippen LogP contribution in [0.3, 0.4) is 0 Å². The maximum absolute atomic E-state index is 12.4. The summed E-state index contributed by atoms with van der Waals surface area (Å²) in [5.41, 5.74) is 0.697. The number of nitrogens with zero attached hydrogens (tertiary/aromatic N) is 2. The van der Waals surface area contributed by atoms with Crippen LogP contribution >= 0.6 is 0 Å². The monoisotopic (exact) mass is 298 g/mol. The average molecular weight is 298 g/mol. The molecule has 2 aromatic heterocycles. The Morgan fingerprint density at radius 2 is 2.09 bits per heavy atom. The molecule has 1 aromatic carbocycles. The first-order valence-electron chi connectivity index (χ1n) is 7.23. The molecule has 1 amide bonds. The lowest BCUT2D eigenvalue weighted by Gasteiger charge is -2.18. The highest BCUT2D eigenvalue weighted by molar-refractivity contribution is 5.96. The van der Waals surface area contributed by atoms with Gasteiger partial charge in [0.05, 0.1) is 6.04 Å². The van der Waals surface area contributed by atoms with Crippen molar-refractivity contribution in [3.8, 4) is 0 Å². The predicted molar refractivity (Wildman–Crippen MR) is 82.4 cm³/mol. The molecule has 1 atom stereocenters. The van der Waals surface area contributed by atoms with Crippen molar-refractivity contribution in [1.29, 1.82) is 0 Å². The van der Waals surface area contributed by atoms with E-state index < -0.39 is 0 Å². The van der Waals surface area contributed by atoms with Crippen molar-refractivity contribution in [2.75, 3.05) is 0 Å². The quantitative estimate of drug-likeness (QED) is 0.775. The van der Waals surface area contributed by atoms with E-state index in [1.165, 1.54) is 0 Å². The lowest BCUT2D eigenvalue weighted by Crippen LogP contribution is -2.32. The molecule has 114 valence electrons. The van der Waals surface area contributed by atoms with Crippen LogP contribution in [0.5, 0.6) is 0 Å². The van der Waals surface area contributed by atoms with Gasteiger partial charge in [0.2, 0.25) is 0 Å². The molecule has 3 aromatic rings. The number of carbonyl (C=O) groups excluding carboxylic acids is 1. The Hall–Kier alpha value is -2.63. The molecule has 0 aliphatic heterocycles.